The Labute approximate surface area is 115 Å². The fourth-order valence-corrected chi connectivity index (χ4v) is 3.97. The van der Waals surface area contributed by atoms with Crippen molar-refractivity contribution in [3.8, 4) is 0 Å². The number of rotatable bonds is 3. The maximum Gasteiger partial charge on any atom is 0.240 e. The van der Waals surface area contributed by atoms with Gasteiger partial charge in [0.1, 0.15) is 0 Å². The van der Waals surface area contributed by atoms with E-state index in [4.69, 9.17) is 0 Å². The van der Waals surface area contributed by atoms with E-state index in [1.54, 1.807) is 18.2 Å². The van der Waals surface area contributed by atoms with E-state index in [1.165, 1.54) is 0 Å². The van der Waals surface area contributed by atoms with Crippen LogP contribution in [0.1, 0.15) is 25.8 Å². The van der Waals surface area contributed by atoms with Crippen LogP contribution in [-0.4, -0.2) is 27.5 Å². The van der Waals surface area contributed by atoms with Gasteiger partial charge in [0.25, 0.3) is 0 Å². The summed E-state index contributed by atoms with van der Waals surface area (Å²) in [7, 11) is -3.43. The standard InChI is InChI=1S/C14H22N2O2S/c1-11-5-4-6-12(9-11)19(17,18)16-13-7-8-15-10-14(13,2)3/h4-6,9,13,15-16H,7-8,10H2,1-3H3. The van der Waals surface area contributed by atoms with Crippen LogP contribution in [-0.2, 0) is 10.0 Å². The van der Waals surface area contributed by atoms with Gasteiger partial charge in [-0.1, -0.05) is 26.0 Å². The fraction of sp³-hybridized carbons (Fsp3) is 0.571. The Bertz CT molecular complexity index is 552. The molecule has 0 bridgehead atoms. The molecule has 0 radical (unpaired) electrons. The van der Waals surface area contributed by atoms with Crippen LogP contribution in [0.3, 0.4) is 0 Å². The summed E-state index contributed by atoms with van der Waals surface area (Å²) in [5, 5.41) is 3.30. The van der Waals surface area contributed by atoms with Crippen molar-refractivity contribution in [2.24, 2.45) is 5.41 Å². The lowest BCUT2D eigenvalue weighted by Gasteiger charge is -2.39. The largest absolute Gasteiger partial charge is 0.316 e. The third kappa shape index (κ3) is 3.35. The van der Waals surface area contributed by atoms with Crippen molar-refractivity contribution < 1.29 is 8.42 Å². The number of aryl methyl sites for hydroxylation is 1. The number of sulfonamides is 1. The van der Waals surface area contributed by atoms with Gasteiger partial charge in [-0.3, -0.25) is 0 Å². The number of piperidine rings is 1. The van der Waals surface area contributed by atoms with Gasteiger partial charge in [0, 0.05) is 12.6 Å². The first-order valence-electron chi connectivity index (χ1n) is 6.61. The van der Waals surface area contributed by atoms with Gasteiger partial charge in [0.2, 0.25) is 10.0 Å². The first kappa shape index (κ1) is 14.5. The summed E-state index contributed by atoms with van der Waals surface area (Å²) in [4.78, 5) is 0.349. The molecule has 1 saturated heterocycles. The molecule has 106 valence electrons. The number of nitrogens with one attached hydrogen (secondary N) is 2. The average Bonchev–Trinajstić information content (AvgIpc) is 2.32. The predicted octanol–water partition coefficient (Wildman–Crippen LogP) is 1.66. The van der Waals surface area contributed by atoms with E-state index < -0.39 is 10.0 Å². The van der Waals surface area contributed by atoms with Crippen molar-refractivity contribution in [1.29, 1.82) is 0 Å². The van der Waals surface area contributed by atoms with E-state index >= 15 is 0 Å². The summed E-state index contributed by atoms with van der Waals surface area (Å²) in [6.07, 6.45) is 0.818. The van der Waals surface area contributed by atoms with Crippen molar-refractivity contribution in [3.05, 3.63) is 29.8 Å². The summed E-state index contributed by atoms with van der Waals surface area (Å²) in [5.41, 5.74) is 0.877. The van der Waals surface area contributed by atoms with Crippen LogP contribution in [0.2, 0.25) is 0 Å². The van der Waals surface area contributed by atoms with Crippen LogP contribution >= 0.6 is 0 Å². The molecule has 1 aromatic rings. The molecule has 2 rings (SSSR count). The lowest BCUT2D eigenvalue weighted by molar-refractivity contribution is 0.206. The van der Waals surface area contributed by atoms with E-state index in [9.17, 15) is 8.42 Å². The van der Waals surface area contributed by atoms with E-state index in [2.05, 4.69) is 23.9 Å². The molecule has 0 amide bonds. The topological polar surface area (TPSA) is 58.2 Å². The third-order valence-electron chi connectivity index (χ3n) is 3.73. The summed E-state index contributed by atoms with van der Waals surface area (Å²) in [5.74, 6) is 0. The molecule has 5 heteroatoms. The minimum absolute atomic E-state index is 0.0285. The van der Waals surface area contributed by atoms with Gasteiger partial charge in [0.05, 0.1) is 4.90 Å². The molecule has 0 spiro atoms. The highest BCUT2D eigenvalue weighted by molar-refractivity contribution is 7.89. The zero-order valence-electron chi connectivity index (χ0n) is 11.7. The van der Waals surface area contributed by atoms with Crippen LogP contribution in [0, 0.1) is 12.3 Å². The maximum absolute atomic E-state index is 12.4. The molecule has 1 aliphatic rings. The normalized spacial score (nSPS) is 23.2. The number of benzene rings is 1. The Morgan fingerprint density at radius 1 is 1.37 bits per heavy atom. The van der Waals surface area contributed by atoms with Gasteiger partial charge in [-0.25, -0.2) is 13.1 Å². The van der Waals surface area contributed by atoms with Gasteiger partial charge in [-0.2, -0.15) is 0 Å². The summed E-state index contributed by atoms with van der Waals surface area (Å²) in [6.45, 7) is 7.75. The average molecular weight is 282 g/mol. The number of hydrogen-bond donors (Lipinski definition) is 2. The van der Waals surface area contributed by atoms with E-state index in [0.717, 1.165) is 25.1 Å². The molecule has 2 N–H and O–H groups in total. The van der Waals surface area contributed by atoms with E-state index in [1.807, 2.05) is 13.0 Å². The molecule has 1 aliphatic heterocycles. The smallest absolute Gasteiger partial charge is 0.240 e. The van der Waals surface area contributed by atoms with Crippen LogP contribution in [0.25, 0.3) is 0 Å². The third-order valence-corrected chi connectivity index (χ3v) is 5.20. The second-order valence-electron chi connectivity index (χ2n) is 5.94. The molecule has 1 heterocycles. The zero-order valence-corrected chi connectivity index (χ0v) is 12.5. The highest BCUT2D eigenvalue weighted by Gasteiger charge is 2.35. The molecule has 1 unspecified atom stereocenters. The molecule has 0 aliphatic carbocycles. The minimum atomic E-state index is -3.43. The van der Waals surface area contributed by atoms with E-state index in [0.29, 0.717) is 4.90 Å². The molecule has 0 saturated carbocycles. The van der Waals surface area contributed by atoms with Gasteiger partial charge in [-0.05, 0) is 43.0 Å². The van der Waals surface area contributed by atoms with Crippen molar-refractivity contribution >= 4 is 10.0 Å². The monoisotopic (exact) mass is 282 g/mol. The fourth-order valence-electron chi connectivity index (χ4n) is 2.43. The Kier molecular flexibility index (Phi) is 3.99. The van der Waals surface area contributed by atoms with Crippen LogP contribution in [0.5, 0.6) is 0 Å². The first-order valence-corrected chi connectivity index (χ1v) is 8.09. The SMILES string of the molecule is Cc1cccc(S(=O)(=O)NC2CCNCC2(C)C)c1. The zero-order chi connectivity index (χ0) is 14.1. The first-order chi connectivity index (χ1) is 8.81. The van der Waals surface area contributed by atoms with Crippen LogP contribution in [0.4, 0.5) is 0 Å². The quantitative estimate of drug-likeness (QED) is 0.886. The lowest BCUT2D eigenvalue weighted by Crippen LogP contribution is -2.54. The Morgan fingerprint density at radius 3 is 2.74 bits per heavy atom. The summed E-state index contributed by atoms with van der Waals surface area (Å²) in [6, 6.07) is 6.99. The molecule has 1 aromatic carbocycles. The molecule has 0 aromatic heterocycles. The van der Waals surface area contributed by atoms with Gasteiger partial charge in [0.15, 0.2) is 0 Å². The van der Waals surface area contributed by atoms with Gasteiger partial charge >= 0.3 is 0 Å². The Morgan fingerprint density at radius 2 is 2.11 bits per heavy atom. The molecule has 4 nitrogen and oxygen atoms in total. The van der Waals surface area contributed by atoms with Crippen molar-refractivity contribution in [3.63, 3.8) is 0 Å². The number of hydrogen-bond acceptors (Lipinski definition) is 3. The Hall–Kier alpha value is -0.910. The Balaban J connectivity index is 2.22. The second kappa shape index (κ2) is 5.23. The molecular weight excluding hydrogens is 260 g/mol. The maximum atomic E-state index is 12.4. The van der Waals surface area contributed by atoms with Crippen molar-refractivity contribution in [1.82, 2.24) is 10.0 Å². The van der Waals surface area contributed by atoms with Gasteiger partial charge < -0.3 is 5.32 Å². The second-order valence-corrected chi connectivity index (χ2v) is 7.66. The van der Waals surface area contributed by atoms with Crippen molar-refractivity contribution in [2.75, 3.05) is 13.1 Å². The molecule has 1 fully saturated rings. The van der Waals surface area contributed by atoms with Crippen LogP contribution in [0.15, 0.2) is 29.2 Å². The highest BCUT2D eigenvalue weighted by Crippen LogP contribution is 2.26. The van der Waals surface area contributed by atoms with Crippen LogP contribution < -0.4 is 10.0 Å². The molecule has 1 atom stereocenters. The van der Waals surface area contributed by atoms with Crippen molar-refractivity contribution in [2.45, 2.75) is 38.1 Å². The van der Waals surface area contributed by atoms with E-state index in [-0.39, 0.29) is 11.5 Å². The lowest BCUT2D eigenvalue weighted by atomic mass is 9.81. The van der Waals surface area contributed by atoms with Gasteiger partial charge in [-0.15, -0.1) is 0 Å². The molecule has 19 heavy (non-hydrogen) atoms. The predicted molar refractivity (Wildman–Crippen MR) is 76.6 cm³/mol. The molecular formula is C14H22N2O2S. The summed E-state index contributed by atoms with van der Waals surface area (Å²) < 4.78 is 27.7. The minimum Gasteiger partial charge on any atom is -0.316 e. The summed E-state index contributed by atoms with van der Waals surface area (Å²) >= 11 is 0. The highest BCUT2D eigenvalue weighted by atomic mass is 32.2.